The molecule has 0 atom stereocenters. The van der Waals surface area contributed by atoms with Crippen LogP contribution in [-0.2, 0) is 13.2 Å². The number of halogens is 1. The molecule has 0 unspecified atom stereocenters. The lowest BCUT2D eigenvalue weighted by atomic mass is 10.1. The third kappa shape index (κ3) is 4.71. The molecule has 0 radical (unpaired) electrons. The largest absolute Gasteiger partial charge is 0.330 e. The van der Waals surface area contributed by atoms with Crippen LogP contribution in [-0.4, -0.2) is 21.7 Å². The van der Waals surface area contributed by atoms with Crippen molar-refractivity contribution in [1.29, 1.82) is 0 Å². The molecule has 1 aromatic heterocycles. The molecule has 4 nitrogen and oxygen atoms in total. The Balaban J connectivity index is 1.68. The van der Waals surface area contributed by atoms with E-state index in [9.17, 15) is 0 Å². The minimum absolute atomic E-state index is 0.606. The van der Waals surface area contributed by atoms with Crippen molar-refractivity contribution < 1.29 is 0 Å². The van der Waals surface area contributed by atoms with Gasteiger partial charge in [0.2, 0.25) is 5.13 Å². The summed E-state index contributed by atoms with van der Waals surface area (Å²) in [6, 6.07) is 14.2. The first-order valence-electron chi connectivity index (χ1n) is 8.26. The van der Waals surface area contributed by atoms with E-state index >= 15 is 0 Å². The van der Waals surface area contributed by atoms with Gasteiger partial charge in [0.15, 0.2) is 3.95 Å². The highest BCUT2D eigenvalue weighted by Crippen LogP contribution is 2.23. The molecule has 0 fully saturated rings. The first kappa shape index (κ1) is 19.0. The minimum atomic E-state index is 0.606. The number of nitrogens with zero attached hydrogens (tertiary/aromatic N) is 3. The molecule has 1 heterocycles. The van der Waals surface area contributed by atoms with Gasteiger partial charge < -0.3 is 5.32 Å². The van der Waals surface area contributed by atoms with Crippen molar-refractivity contribution in [3.8, 4) is 0 Å². The van der Waals surface area contributed by atoms with Crippen molar-refractivity contribution in [3.05, 3.63) is 68.1 Å². The van der Waals surface area contributed by atoms with Crippen LogP contribution in [0.25, 0.3) is 0 Å². The lowest BCUT2D eigenvalue weighted by Gasteiger charge is -2.17. The summed E-state index contributed by atoms with van der Waals surface area (Å²) in [5.41, 5.74) is 4.63. The molecule has 0 saturated carbocycles. The standard InChI is InChI=1S/C19H21ClN4S2/c1-13-8-9-16(10-14(13)2)21-18-22-24(19(25)26-18)12-23(3)11-15-6-4-5-7-17(15)20/h4-10H,11-12H2,1-3H3,(H,21,22). The fourth-order valence-corrected chi connectivity index (χ4v) is 3.79. The van der Waals surface area contributed by atoms with Gasteiger partial charge in [-0.25, -0.2) is 4.68 Å². The first-order chi connectivity index (χ1) is 12.4. The average molecular weight is 405 g/mol. The molecule has 2 aromatic carbocycles. The summed E-state index contributed by atoms with van der Waals surface area (Å²) in [5, 5.41) is 9.52. The van der Waals surface area contributed by atoms with Crippen molar-refractivity contribution in [1.82, 2.24) is 14.7 Å². The first-order valence-corrected chi connectivity index (χ1v) is 9.87. The SMILES string of the molecule is Cc1ccc(Nc2nn(CN(C)Cc3ccccc3Cl)c(=S)s2)cc1C. The van der Waals surface area contributed by atoms with E-state index in [0.29, 0.717) is 6.67 Å². The highest BCUT2D eigenvalue weighted by atomic mass is 35.5. The van der Waals surface area contributed by atoms with Gasteiger partial charge in [-0.1, -0.05) is 47.2 Å². The smallest absolute Gasteiger partial charge is 0.209 e. The molecule has 0 aliphatic rings. The number of benzene rings is 2. The molecule has 3 rings (SSSR count). The van der Waals surface area contributed by atoms with Crippen molar-refractivity contribution in [2.24, 2.45) is 0 Å². The second-order valence-electron chi connectivity index (χ2n) is 6.34. The summed E-state index contributed by atoms with van der Waals surface area (Å²) >= 11 is 13.2. The molecule has 0 saturated heterocycles. The zero-order valence-electron chi connectivity index (χ0n) is 15.0. The molecule has 7 heteroatoms. The van der Waals surface area contributed by atoms with Crippen LogP contribution in [0.2, 0.25) is 5.02 Å². The van der Waals surface area contributed by atoms with Crippen molar-refractivity contribution in [2.45, 2.75) is 27.1 Å². The van der Waals surface area contributed by atoms with Crippen LogP contribution in [0.4, 0.5) is 10.8 Å². The molecular weight excluding hydrogens is 384 g/mol. The van der Waals surface area contributed by atoms with Crippen LogP contribution in [0.15, 0.2) is 42.5 Å². The fourth-order valence-electron chi connectivity index (χ4n) is 2.58. The highest BCUT2D eigenvalue weighted by Gasteiger charge is 2.09. The van der Waals surface area contributed by atoms with Gasteiger partial charge in [0.25, 0.3) is 0 Å². The molecule has 0 aliphatic heterocycles. The Morgan fingerprint density at radius 1 is 1.19 bits per heavy atom. The van der Waals surface area contributed by atoms with Crippen LogP contribution < -0.4 is 5.32 Å². The number of hydrogen-bond donors (Lipinski definition) is 1. The maximum atomic E-state index is 6.24. The predicted octanol–water partition coefficient (Wildman–Crippen LogP) is 5.78. The Morgan fingerprint density at radius 3 is 2.69 bits per heavy atom. The number of hydrogen-bond acceptors (Lipinski definition) is 5. The summed E-state index contributed by atoms with van der Waals surface area (Å²) in [6.45, 7) is 5.55. The summed E-state index contributed by atoms with van der Waals surface area (Å²) in [6.07, 6.45) is 0. The lowest BCUT2D eigenvalue weighted by molar-refractivity contribution is 0.246. The molecule has 0 amide bonds. The third-order valence-corrected chi connectivity index (χ3v) is 5.73. The minimum Gasteiger partial charge on any atom is -0.330 e. The molecule has 3 aromatic rings. The summed E-state index contributed by atoms with van der Waals surface area (Å²) < 4.78 is 2.57. The van der Waals surface area contributed by atoms with Crippen LogP contribution >= 0.6 is 35.2 Å². The van der Waals surface area contributed by atoms with Gasteiger partial charge in [0.1, 0.15) is 0 Å². The molecule has 0 aliphatic carbocycles. The Kier molecular flexibility index (Phi) is 6.09. The Hall–Kier alpha value is -1.73. The van der Waals surface area contributed by atoms with Crippen LogP contribution in [0, 0.1) is 17.8 Å². The number of nitrogens with one attached hydrogen (secondary N) is 1. The van der Waals surface area contributed by atoms with E-state index in [1.54, 1.807) is 0 Å². The van der Waals surface area contributed by atoms with E-state index in [1.165, 1.54) is 22.5 Å². The second kappa shape index (κ2) is 8.31. The van der Waals surface area contributed by atoms with Gasteiger partial charge in [0, 0.05) is 17.3 Å². The molecule has 0 bridgehead atoms. The molecule has 136 valence electrons. The van der Waals surface area contributed by atoms with Gasteiger partial charge in [-0.2, -0.15) is 0 Å². The normalized spacial score (nSPS) is 11.1. The summed E-state index contributed by atoms with van der Waals surface area (Å²) in [5.74, 6) is 0. The number of aryl methyl sites for hydroxylation is 2. The average Bonchev–Trinajstić information content (AvgIpc) is 2.92. The van der Waals surface area contributed by atoms with E-state index in [-0.39, 0.29) is 0 Å². The molecule has 26 heavy (non-hydrogen) atoms. The van der Waals surface area contributed by atoms with Gasteiger partial charge >= 0.3 is 0 Å². The number of rotatable bonds is 6. The van der Waals surface area contributed by atoms with Crippen molar-refractivity contribution in [3.63, 3.8) is 0 Å². The topological polar surface area (TPSA) is 33.1 Å². The van der Waals surface area contributed by atoms with Crippen molar-refractivity contribution in [2.75, 3.05) is 12.4 Å². The molecular formula is C19H21ClN4S2. The third-order valence-electron chi connectivity index (χ3n) is 4.14. The zero-order valence-corrected chi connectivity index (χ0v) is 17.4. The number of anilines is 2. The Labute approximate surface area is 168 Å². The predicted molar refractivity (Wildman–Crippen MR) is 113 cm³/mol. The van der Waals surface area contributed by atoms with E-state index in [1.807, 2.05) is 36.0 Å². The van der Waals surface area contributed by atoms with Gasteiger partial charge in [-0.15, -0.1) is 5.10 Å². The van der Waals surface area contributed by atoms with E-state index in [2.05, 4.69) is 47.4 Å². The van der Waals surface area contributed by atoms with E-state index in [4.69, 9.17) is 23.8 Å². The maximum absolute atomic E-state index is 6.24. The Bertz CT molecular complexity index is 964. The monoisotopic (exact) mass is 404 g/mol. The van der Waals surface area contributed by atoms with Crippen molar-refractivity contribution >= 4 is 46.0 Å². The van der Waals surface area contributed by atoms with E-state index < -0.39 is 0 Å². The summed E-state index contributed by atoms with van der Waals surface area (Å²) in [7, 11) is 2.03. The van der Waals surface area contributed by atoms with Gasteiger partial charge in [-0.3, -0.25) is 4.90 Å². The fraction of sp³-hybridized carbons (Fsp3) is 0.263. The van der Waals surface area contributed by atoms with Crippen LogP contribution in [0.3, 0.4) is 0 Å². The number of aromatic nitrogens is 2. The Morgan fingerprint density at radius 2 is 1.96 bits per heavy atom. The van der Waals surface area contributed by atoms with Gasteiger partial charge in [0.05, 0.1) is 6.67 Å². The maximum Gasteiger partial charge on any atom is 0.209 e. The van der Waals surface area contributed by atoms with Crippen LogP contribution in [0.5, 0.6) is 0 Å². The van der Waals surface area contributed by atoms with E-state index in [0.717, 1.165) is 31.9 Å². The van der Waals surface area contributed by atoms with Crippen LogP contribution in [0.1, 0.15) is 16.7 Å². The molecule has 0 spiro atoms. The second-order valence-corrected chi connectivity index (χ2v) is 8.37. The molecule has 1 N–H and O–H groups in total. The van der Waals surface area contributed by atoms with Gasteiger partial charge in [-0.05, 0) is 68.0 Å². The summed E-state index contributed by atoms with van der Waals surface area (Å²) in [4.78, 5) is 2.14. The zero-order chi connectivity index (χ0) is 18.7. The lowest BCUT2D eigenvalue weighted by Crippen LogP contribution is -2.22. The highest BCUT2D eigenvalue weighted by molar-refractivity contribution is 7.73. The quantitative estimate of drug-likeness (QED) is 0.528.